The number of tetrazole rings is 1. The highest BCUT2D eigenvalue weighted by Crippen LogP contribution is 2.18. The van der Waals surface area contributed by atoms with Crippen LogP contribution in [0.2, 0.25) is 0 Å². The van der Waals surface area contributed by atoms with Crippen LogP contribution in [-0.2, 0) is 6.54 Å². The van der Waals surface area contributed by atoms with E-state index in [0.29, 0.717) is 18.8 Å². The number of hydrogen-bond acceptors (Lipinski definition) is 4. The summed E-state index contributed by atoms with van der Waals surface area (Å²) in [7, 11) is 0. The molecule has 0 saturated carbocycles. The van der Waals surface area contributed by atoms with Crippen LogP contribution in [0.25, 0.3) is 5.69 Å². The first kappa shape index (κ1) is 17.5. The Bertz CT molecular complexity index is 896. The third kappa shape index (κ3) is 4.02. The number of benzene rings is 2. The molecular weight excluding hydrogens is 335 g/mol. The molecule has 0 aliphatic rings. The van der Waals surface area contributed by atoms with Gasteiger partial charge in [-0.25, -0.2) is 13.9 Å². The van der Waals surface area contributed by atoms with Crippen molar-refractivity contribution in [2.45, 2.75) is 20.4 Å². The zero-order chi connectivity index (χ0) is 18.5. The molecule has 0 radical (unpaired) electrons. The van der Waals surface area contributed by atoms with Gasteiger partial charge in [0.05, 0.1) is 5.69 Å². The Morgan fingerprint density at radius 1 is 1.27 bits per heavy atom. The normalized spacial score (nSPS) is 10.6. The lowest BCUT2D eigenvalue weighted by molar-refractivity contribution is 0.212. The zero-order valence-electron chi connectivity index (χ0n) is 14.6. The summed E-state index contributed by atoms with van der Waals surface area (Å²) in [6.45, 7) is 4.63. The van der Waals surface area contributed by atoms with Gasteiger partial charge >= 0.3 is 6.03 Å². The highest BCUT2D eigenvalue weighted by molar-refractivity contribution is 5.89. The van der Waals surface area contributed by atoms with Crippen LogP contribution in [0.3, 0.4) is 0 Å². The lowest BCUT2D eigenvalue weighted by Crippen LogP contribution is -2.34. The topological polar surface area (TPSA) is 75.9 Å². The van der Waals surface area contributed by atoms with Crippen LogP contribution in [-0.4, -0.2) is 37.7 Å². The maximum atomic E-state index is 13.3. The SMILES string of the molecule is CCN(Cc1cccc(F)c1)C(=O)Nc1ccc(-n2cnnn2)c(C)c1. The third-order valence-corrected chi connectivity index (χ3v) is 3.98. The molecular formula is C18H19FN6O. The summed E-state index contributed by atoms with van der Waals surface area (Å²) in [6, 6.07) is 11.5. The summed E-state index contributed by atoms with van der Waals surface area (Å²) in [5, 5.41) is 14.0. The van der Waals surface area contributed by atoms with Crippen molar-refractivity contribution < 1.29 is 9.18 Å². The maximum Gasteiger partial charge on any atom is 0.322 e. The molecule has 2 amide bonds. The molecule has 0 atom stereocenters. The minimum absolute atomic E-state index is 0.244. The second-order valence-electron chi connectivity index (χ2n) is 5.83. The van der Waals surface area contributed by atoms with Gasteiger partial charge in [-0.05, 0) is 65.7 Å². The quantitative estimate of drug-likeness (QED) is 0.764. The molecule has 0 bridgehead atoms. The van der Waals surface area contributed by atoms with Gasteiger partial charge in [-0.3, -0.25) is 0 Å². The van der Waals surface area contributed by atoms with Crippen molar-refractivity contribution in [3.63, 3.8) is 0 Å². The number of aryl methyl sites for hydroxylation is 1. The van der Waals surface area contributed by atoms with Crippen LogP contribution in [0.5, 0.6) is 0 Å². The van der Waals surface area contributed by atoms with Gasteiger partial charge in [-0.15, -0.1) is 5.10 Å². The van der Waals surface area contributed by atoms with E-state index >= 15 is 0 Å². The Kier molecular flexibility index (Phi) is 5.21. The monoisotopic (exact) mass is 354 g/mol. The molecule has 2 aromatic carbocycles. The summed E-state index contributed by atoms with van der Waals surface area (Å²) in [5.41, 5.74) is 3.16. The van der Waals surface area contributed by atoms with Crippen molar-refractivity contribution in [3.8, 4) is 5.69 Å². The van der Waals surface area contributed by atoms with E-state index in [-0.39, 0.29) is 11.8 Å². The van der Waals surface area contributed by atoms with Crippen molar-refractivity contribution in [3.05, 3.63) is 65.7 Å². The van der Waals surface area contributed by atoms with E-state index in [4.69, 9.17) is 0 Å². The minimum Gasteiger partial charge on any atom is -0.320 e. The lowest BCUT2D eigenvalue weighted by atomic mass is 10.2. The van der Waals surface area contributed by atoms with Crippen LogP contribution in [0.15, 0.2) is 48.8 Å². The van der Waals surface area contributed by atoms with Crippen LogP contribution in [0, 0.1) is 12.7 Å². The van der Waals surface area contributed by atoms with Crippen molar-refractivity contribution in [2.75, 3.05) is 11.9 Å². The molecule has 0 fully saturated rings. The van der Waals surface area contributed by atoms with Crippen molar-refractivity contribution >= 4 is 11.7 Å². The van der Waals surface area contributed by atoms with Crippen LogP contribution >= 0.6 is 0 Å². The van der Waals surface area contributed by atoms with E-state index in [2.05, 4.69) is 20.8 Å². The van der Waals surface area contributed by atoms with Gasteiger partial charge in [0, 0.05) is 18.8 Å². The van der Waals surface area contributed by atoms with E-state index in [1.807, 2.05) is 26.0 Å². The average molecular weight is 354 g/mol. The number of aromatic nitrogens is 4. The van der Waals surface area contributed by atoms with E-state index in [0.717, 1.165) is 16.8 Å². The highest BCUT2D eigenvalue weighted by Gasteiger charge is 2.13. The van der Waals surface area contributed by atoms with Crippen molar-refractivity contribution in [1.29, 1.82) is 0 Å². The van der Waals surface area contributed by atoms with Gasteiger partial charge in [0.25, 0.3) is 0 Å². The smallest absolute Gasteiger partial charge is 0.320 e. The predicted molar refractivity (Wildman–Crippen MR) is 95.4 cm³/mol. The fourth-order valence-electron chi connectivity index (χ4n) is 2.65. The number of anilines is 1. The Morgan fingerprint density at radius 3 is 2.77 bits per heavy atom. The maximum absolute atomic E-state index is 13.3. The Morgan fingerprint density at radius 2 is 2.12 bits per heavy atom. The number of amides is 2. The number of halogens is 1. The molecule has 0 spiro atoms. The van der Waals surface area contributed by atoms with Gasteiger partial charge < -0.3 is 10.2 Å². The van der Waals surface area contributed by atoms with Crippen molar-refractivity contribution in [2.24, 2.45) is 0 Å². The summed E-state index contributed by atoms with van der Waals surface area (Å²) < 4.78 is 14.9. The molecule has 3 aromatic rings. The first-order chi connectivity index (χ1) is 12.6. The Hall–Kier alpha value is -3.29. The molecule has 3 rings (SSSR count). The Balaban J connectivity index is 1.70. The molecule has 1 aromatic heterocycles. The van der Waals surface area contributed by atoms with Gasteiger partial charge in [0.2, 0.25) is 0 Å². The number of rotatable bonds is 5. The van der Waals surface area contributed by atoms with Crippen LogP contribution in [0.4, 0.5) is 14.9 Å². The van der Waals surface area contributed by atoms with E-state index in [9.17, 15) is 9.18 Å². The fourth-order valence-corrected chi connectivity index (χ4v) is 2.65. The molecule has 134 valence electrons. The van der Waals surface area contributed by atoms with Gasteiger partial charge in [0.15, 0.2) is 0 Å². The molecule has 0 aliphatic heterocycles. The molecule has 0 aliphatic carbocycles. The summed E-state index contributed by atoms with van der Waals surface area (Å²) in [4.78, 5) is 14.2. The second kappa shape index (κ2) is 7.73. The van der Waals surface area contributed by atoms with E-state index in [1.54, 1.807) is 27.8 Å². The summed E-state index contributed by atoms with van der Waals surface area (Å²) in [5.74, 6) is -0.312. The standard InChI is InChI=1S/C18H19FN6O/c1-3-24(11-14-5-4-6-15(19)10-14)18(26)21-16-7-8-17(13(2)9-16)25-12-20-22-23-25/h4-10,12H,3,11H2,1-2H3,(H,21,26). The fraction of sp³-hybridized carbons (Fsp3) is 0.222. The first-order valence-corrected chi connectivity index (χ1v) is 8.21. The summed E-state index contributed by atoms with van der Waals surface area (Å²) in [6.07, 6.45) is 1.51. The second-order valence-corrected chi connectivity index (χ2v) is 5.83. The molecule has 1 N–H and O–H groups in total. The molecule has 0 unspecified atom stereocenters. The molecule has 1 heterocycles. The van der Waals surface area contributed by atoms with E-state index < -0.39 is 0 Å². The van der Waals surface area contributed by atoms with Gasteiger partial charge in [-0.1, -0.05) is 12.1 Å². The number of carbonyl (C=O) groups excluding carboxylic acids is 1. The predicted octanol–water partition coefficient (Wildman–Crippen LogP) is 3.16. The average Bonchev–Trinajstić information content (AvgIpc) is 3.14. The number of nitrogens with one attached hydrogen (secondary N) is 1. The number of urea groups is 1. The van der Waals surface area contributed by atoms with Crippen LogP contribution < -0.4 is 5.32 Å². The lowest BCUT2D eigenvalue weighted by Gasteiger charge is -2.22. The van der Waals surface area contributed by atoms with Crippen molar-refractivity contribution in [1.82, 2.24) is 25.1 Å². The highest BCUT2D eigenvalue weighted by atomic mass is 19.1. The zero-order valence-corrected chi connectivity index (χ0v) is 14.6. The third-order valence-electron chi connectivity index (χ3n) is 3.98. The molecule has 8 heteroatoms. The summed E-state index contributed by atoms with van der Waals surface area (Å²) >= 11 is 0. The molecule has 0 saturated heterocycles. The van der Waals surface area contributed by atoms with E-state index in [1.165, 1.54) is 18.5 Å². The number of nitrogens with zero attached hydrogens (tertiary/aromatic N) is 5. The molecule has 26 heavy (non-hydrogen) atoms. The largest absolute Gasteiger partial charge is 0.322 e. The van der Waals surface area contributed by atoms with Crippen LogP contribution in [0.1, 0.15) is 18.1 Å². The van der Waals surface area contributed by atoms with Gasteiger partial charge in [-0.2, -0.15) is 0 Å². The first-order valence-electron chi connectivity index (χ1n) is 8.21. The molecule has 7 nitrogen and oxygen atoms in total. The number of carbonyl (C=O) groups is 1. The Labute approximate surface area is 150 Å². The minimum atomic E-state index is -0.312. The van der Waals surface area contributed by atoms with Gasteiger partial charge in [0.1, 0.15) is 12.1 Å². The number of hydrogen-bond donors (Lipinski definition) is 1.